The normalized spacial score (nSPS) is 12.4. The van der Waals surface area contributed by atoms with Gasteiger partial charge >= 0.3 is 0 Å². The van der Waals surface area contributed by atoms with Gasteiger partial charge in [0.15, 0.2) is 0 Å². The van der Waals surface area contributed by atoms with E-state index in [9.17, 15) is 0 Å². The molecule has 0 amide bonds. The van der Waals surface area contributed by atoms with Gasteiger partial charge in [0.05, 0.1) is 0 Å². The van der Waals surface area contributed by atoms with E-state index < -0.39 is 0 Å². The Morgan fingerprint density at radius 3 is 2.47 bits per heavy atom. The highest BCUT2D eigenvalue weighted by molar-refractivity contribution is 9.10. The Bertz CT molecular complexity index is 569. The average Bonchev–Trinajstić information content (AvgIpc) is 2.38. The minimum atomic E-state index is 0.207. The van der Waals surface area contributed by atoms with Gasteiger partial charge in [0.2, 0.25) is 0 Å². The van der Waals surface area contributed by atoms with Crippen LogP contribution in [0.5, 0.6) is 0 Å². The Morgan fingerprint density at radius 1 is 1.05 bits per heavy atom. The Morgan fingerprint density at radius 2 is 1.84 bits per heavy atom. The quantitative estimate of drug-likeness (QED) is 0.546. The van der Waals surface area contributed by atoms with E-state index in [0.29, 0.717) is 5.88 Å². The van der Waals surface area contributed by atoms with Gasteiger partial charge in [-0.2, -0.15) is 0 Å². The molecular weight excluding hydrogens is 366 g/mol. The number of rotatable bonds is 4. The highest BCUT2D eigenvalue weighted by Crippen LogP contribution is 2.29. The summed E-state index contributed by atoms with van der Waals surface area (Å²) in [5.74, 6) is 0.742. The van der Waals surface area contributed by atoms with Crippen molar-refractivity contribution in [2.75, 3.05) is 5.88 Å². The van der Waals surface area contributed by atoms with Gasteiger partial charge in [0.1, 0.15) is 0 Å². The molecule has 0 aliphatic rings. The van der Waals surface area contributed by atoms with Crippen LogP contribution in [0, 0.1) is 0 Å². The first kappa shape index (κ1) is 15.2. The van der Waals surface area contributed by atoms with Gasteiger partial charge in [0.25, 0.3) is 0 Å². The van der Waals surface area contributed by atoms with Crippen molar-refractivity contribution in [3.8, 4) is 0 Å². The summed E-state index contributed by atoms with van der Waals surface area (Å²) in [7, 11) is 0. The number of benzene rings is 2. The van der Waals surface area contributed by atoms with E-state index >= 15 is 0 Å². The number of alkyl halides is 1. The van der Waals surface area contributed by atoms with Crippen molar-refractivity contribution in [3.05, 3.63) is 68.1 Å². The first-order valence-corrected chi connectivity index (χ1v) is 7.94. The average molecular weight is 379 g/mol. The molecule has 4 heteroatoms. The molecule has 1 atom stereocenters. The molecule has 0 aliphatic carbocycles. The van der Waals surface area contributed by atoms with Crippen molar-refractivity contribution in [2.24, 2.45) is 0 Å². The molecule has 0 saturated carbocycles. The third-order valence-corrected chi connectivity index (χ3v) is 4.44. The Hall–Kier alpha value is -0.210. The van der Waals surface area contributed by atoms with E-state index in [2.05, 4.69) is 15.9 Å². The Kier molecular flexibility index (Phi) is 5.58. The van der Waals surface area contributed by atoms with Crippen molar-refractivity contribution in [1.82, 2.24) is 0 Å². The highest BCUT2D eigenvalue weighted by atomic mass is 79.9. The van der Waals surface area contributed by atoms with Gasteiger partial charge in [-0.05, 0) is 41.8 Å². The van der Waals surface area contributed by atoms with Crippen LogP contribution in [0.3, 0.4) is 0 Å². The minimum Gasteiger partial charge on any atom is -0.126 e. The van der Waals surface area contributed by atoms with Crippen molar-refractivity contribution in [2.45, 2.75) is 12.3 Å². The summed E-state index contributed by atoms with van der Waals surface area (Å²) >= 11 is 21.8. The molecule has 0 saturated heterocycles. The van der Waals surface area contributed by atoms with Gasteiger partial charge in [0, 0.05) is 26.3 Å². The third kappa shape index (κ3) is 4.13. The zero-order valence-corrected chi connectivity index (χ0v) is 13.9. The Labute approximate surface area is 136 Å². The summed E-state index contributed by atoms with van der Waals surface area (Å²) in [5, 5.41) is 1.49. The fourth-order valence-electron chi connectivity index (χ4n) is 1.97. The van der Waals surface area contributed by atoms with E-state index in [1.54, 1.807) is 0 Å². The van der Waals surface area contributed by atoms with Crippen LogP contribution in [-0.4, -0.2) is 5.88 Å². The van der Waals surface area contributed by atoms with E-state index in [0.717, 1.165) is 32.1 Å². The third-order valence-electron chi connectivity index (χ3n) is 2.99. The molecule has 0 nitrogen and oxygen atoms in total. The number of hydrogen-bond acceptors (Lipinski definition) is 0. The second-order valence-corrected chi connectivity index (χ2v) is 6.41. The molecule has 0 spiro atoms. The maximum Gasteiger partial charge on any atom is 0.0449 e. The monoisotopic (exact) mass is 376 g/mol. The first-order valence-electron chi connectivity index (χ1n) is 5.85. The van der Waals surface area contributed by atoms with Crippen LogP contribution in [0.15, 0.2) is 46.9 Å². The minimum absolute atomic E-state index is 0.207. The SMILES string of the molecule is ClCC(Cc1ccc(Br)cc1Cl)c1cccc(Cl)c1. The number of halogens is 4. The molecule has 2 aromatic rings. The largest absolute Gasteiger partial charge is 0.126 e. The lowest BCUT2D eigenvalue weighted by molar-refractivity contribution is 0.766. The standard InChI is InChI=1S/C15H12BrCl3/c16-13-5-4-11(15(19)8-13)6-12(9-17)10-2-1-3-14(18)7-10/h1-5,7-8,12H,6,9H2. The van der Waals surface area contributed by atoms with Crippen LogP contribution in [-0.2, 0) is 6.42 Å². The number of hydrogen-bond donors (Lipinski definition) is 0. The molecule has 0 fully saturated rings. The van der Waals surface area contributed by atoms with Gasteiger partial charge in [-0.1, -0.05) is 57.3 Å². The van der Waals surface area contributed by atoms with E-state index in [-0.39, 0.29) is 5.92 Å². The second kappa shape index (κ2) is 6.99. The Balaban J connectivity index is 2.24. The molecule has 0 radical (unpaired) electrons. The van der Waals surface area contributed by atoms with E-state index in [1.807, 2.05) is 42.5 Å². The predicted octanol–water partition coefficient (Wildman–Crippen LogP) is 6.32. The topological polar surface area (TPSA) is 0 Å². The molecule has 0 aliphatic heterocycles. The van der Waals surface area contributed by atoms with Gasteiger partial charge in [-0.3, -0.25) is 0 Å². The second-order valence-electron chi connectivity index (χ2n) is 4.35. The molecule has 0 N–H and O–H groups in total. The summed E-state index contributed by atoms with van der Waals surface area (Å²) in [6.45, 7) is 0. The molecular formula is C15H12BrCl3. The molecule has 1 unspecified atom stereocenters. The van der Waals surface area contributed by atoms with Crippen LogP contribution in [0.1, 0.15) is 17.0 Å². The van der Waals surface area contributed by atoms with Crippen molar-refractivity contribution in [3.63, 3.8) is 0 Å². The van der Waals surface area contributed by atoms with Crippen LogP contribution in [0.4, 0.5) is 0 Å². The molecule has 2 aromatic carbocycles. The maximum atomic E-state index is 6.25. The van der Waals surface area contributed by atoms with Crippen LogP contribution < -0.4 is 0 Å². The van der Waals surface area contributed by atoms with Gasteiger partial charge < -0.3 is 0 Å². The summed E-state index contributed by atoms with van der Waals surface area (Å²) in [4.78, 5) is 0. The van der Waals surface area contributed by atoms with Crippen LogP contribution in [0.2, 0.25) is 10.0 Å². The molecule has 0 aromatic heterocycles. The summed E-state index contributed by atoms with van der Waals surface area (Å²) in [6.07, 6.45) is 0.802. The van der Waals surface area contributed by atoms with Gasteiger partial charge in [-0.15, -0.1) is 11.6 Å². The van der Waals surface area contributed by atoms with Crippen LogP contribution >= 0.6 is 50.7 Å². The molecule has 19 heavy (non-hydrogen) atoms. The van der Waals surface area contributed by atoms with Crippen molar-refractivity contribution < 1.29 is 0 Å². The zero-order valence-electron chi connectivity index (χ0n) is 10.0. The predicted molar refractivity (Wildman–Crippen MR) is 87.8 cm³/mol. The van der Waals surface area contributed by atoms with Crippen LogP contribution in [0.25, 0.3) is 0 Å². The molecule has 100 valence electrons. The van der Waals surface area contributed by atoms with Crippen molar-refractivity contribution >= 4 is 50.7 Å². The lowest BCUT2D eigenvalue weighted by Crippen LogP contribution is -2.05. The summed E-state index contributed by atoms with van der Waals surface area (Å²) < 4.78 is 0.978. The fourth-order valence-corrected chi connectivity index (χ4v) is 3.21. The maximum absolute atomic E-state index is 6.25. The summed E-state index contributed by atoms with van der Waals surface area (Å²) in [6, 6.07) is 13.7. The summed E-state index contributed by atoms with van der Waals surface area (Å²) in [5.41, 5.74) is 2.23. The lowest BCUT2D eigenvalue weighted by Gasteiger charge is -2.16. The molecule has 0 heterocycles. The molecule has 2 rings (SSSR count). The highest BCUT2D eigenvalue weighted by Gasteiger charge is 2.13. The van der Waals surface area contributed by atoms with Crippen molar-refractivity contribution in [1.29, 1.82) is 0 Å². The smallest absolute Gasteiger partial charge is 0.0449 e. The van der Waals surface area contributed by atoms with E-state index in [4.69, 9.17) is 34.8 Å². The molecule has 0 bridgehead atoms. The first-order chi connectivity index (χ1) is 9.10. The van der Waals surface area contributed by atoms with E-state index in [1.165, 1.54) is 0 Å². The van der Waals surface area contributed by atoms with Gasteiger partial charge in [-0.25, -0.2) is 0 Å². The fraction of sp³-hybridized carbons (Fsp3) is 0.200. The zero-order chi connectivity index (χ0) is 13.8. The lowest BCUT2D eigenvalue weighted by atomic mass is 9.93.